The fraction of sp³-hybridized carbons (Fsp3) is 0.182. The van der Waals surface area contributed by atoms with Crippen molar-refractivity contribution in [2.75, 3.05) is 7.11 Å². The van der Waals surface area contributed by atoms with Gasteiger partial charge >= 0.3 is 0 Å². The van der Waals surface area contributed by atoms with E-state index in [1.165, 1.54) is 24.3 Å². The molecule has 0 aliphatic rings. The number of ether oxygens (including phenoxy) is 2. The molecule has 0 radical (unpaired) electrons. The minimum atomic E-state index is -0.270. The van der Waals surface area contributed by atoms with E-state index in [0.29, 0.717) is 31.2 Å². The summed E-state index contributed by atoms with van der Waals surface area (Å²) in [6.45, 7) is 1.62. The number of hydrogen-bond acceptors (Lipinski definition) is 3. The molecule has 28 heavy (non-hydrogen) atoms. The fourth-order valence-electron chi connectivity index (χ4n) is 2.64. The summed E-state index contributed by atoms with van der Waals surface area (Å²) in [5.41, 5.74) is 2.94. The molecule has 0 spiro atoms. The van der Waals surface area contributed by atoms with Gasteiger partial charge in [0.05, 0.1) is 7.11 Å². The number of benzene rings is 3. The van der Waals surface area contributed by atoms with Crippen molar-refractivity contribution in [1.29, 1.82) is 0 Å². The summed E-state index contributed by atoms with van der Waals surface area (Å²) < 4.78 is 37.1. The number of halogens is 3. The Hall–Kier alpha value is -2.63. The van der Waals surface area contributed by atoms with Gasteiger partial charge in [-0.3, -0.25) is 0 Å². The standard InChI is InChI=1S/C22H21F2NO2.ClH/c1-26-22-12-18(14-25-13-16-2-7-19(23)8-3-16)6-11-21(22)27-15-17-4-9-20(24)10-5-17;/h2-12,25H,13-15H2,1H3;1H. The van der Waals surface area contributed by atoms with Crippen LogP contribution >= 0.6 is 12.4 Å². The van der Waals surface area contributed by atoms with Crippen LogP contribution in [0, 0.1) is 11.6 Å². The van der Waals surface area contributed by atoms with Gasteiger partial charge in [-0.25, -0.2) is 8.78 Å². The molecule has 0 atom stereocenters. The van der Waals surface area contributed by atoms with Crippen LogP contribution < -0.4 is 14.8 Å². The van der Waals surface area contributed by atoms with Crippen molar-refractivity contribution in [1.82, 2.24) is 5.32 Å². The minimum absolute atomic E-state index is 0. The van der Waals surface area contributed by atoms with Gasteiger partial charge in [-0.2, -0.15) is 0 Å². The van der Waals surface area contributed by atoms with E-state index in [2.05, 4.69) is 5.32 Å². The average molecular weight is 406 g/mol. The van der Waals surface area contributed by atoms with Crippen molar-refractivity contribution >= 4 is 12.4 Å². The van der Waals surface area contributed by atoms with Gasteiger partial charge in [0.2, 0.25) is 0 Å². The molecule has 3 nitrogen and oxygen atoms in total. The highest BCUT2D eigenvalue weighted by Crippen LogP contribution is 2.29. The second-order valence-corrected chi connectivity index (χ2v) is 6.13. The SMILES string of the molecule is COc1cc(CNCc2ccc(F)cc2)ccc1OCc1ccc(F)cc1.Cl. The van der Waals surface area contributed by atoms with Crippen LogP contribution in [0.25, 0.3) is 0 Å². The lowest BCUT2D eigenvalue weighted by molar-refractivity contribution is 0.284. The van der Waals surface area contributed by atoms with E-state index >= 15 is 0 Å². The Morgan fingerprint density at radius 3 is 1.86 bits per heavy atom. The average Bonchev–Trinajstić information content (AvgIpc) is 2.69. The van der Waals surface area contributed by atoms with E-state index in [1.807, 2.05) is 18.2 Å². The molecule has 0 unspecified atom stereocenters. The lowest BCUT2D eigenvalue weighted by Gasteiger charge is -2.13. The smallest absolute Gasteiger partial charge is 0.161 e. The van der Waals surface area contributed by atoms with Gasteiger partial charge < -0.3 is 14.8 Å². The molecule has 0 bridgehead atoms. The van der Waals surface area contributed by atoms with Crippen LogP contribution in [0.5, 0.6) is 11.5 Å². The summed E-state index contributed by atoms with van der Waals surface area (Å²) in [4.78, 5) is 0. The van der Waals surface area contributed by atoms with Crippen LogP contribution in [-0.2, 0) is 19.7 Å². The first-order valence-electron chi connectivity index (χ1n) is 8.63. The molecular formula is C22H22ClF2NO2. The van der Waals surface area contributed by atoms with Crippen molar-refractivity contribution in [3.63, 3.8) is 0 Å². The van der Waals surface area contributed by atoms with E-state index in [9.17, 15) is 8.78 Å². The number of nitrogens with one attached hydrogen (secondary N) is 1. The van der Waals surface area contributed by atoms with Crippen LogP contribution in [0.2, 0.25) is 0 Å². The Balaban J connectivity index is 0.00000280. The highest BCUT2D eigenvalue weighted by atomic mass is 35.5. The maximum absolute atomic E-state index is 13.0. The summed E-state index contributed by atoms with van der Waals surface area (Å²) in [6, 6.07) is 18.4. The van der Waals surface area contributed by atoms with Gasteiger partial charge in [0, 0.05) is 13.1 Å². The maximum Gasteiger partial charge on any atom is 0.161 e. The molecule has 3 aromatic rings. The molecule has 0 aromatic heterocycles. The third-order valence-electron chi connectivity index (χ3n) is 4.11. The topological polar surface area (TPSA) is 30.5 Å². The van der Waals surface area contributed by atoms with Crippen molar-refractivity contribution in [2.24, 2.45) is 0 Å². The molecule has 1 N–H and O–H groups in total. The van der Waals surface area contributed by atoms with Crippen LogP contribution in [0.4, 0.5) is 8.78 Å². The van der Waals surface area contributed by atoms with E-state index in [0.717, 1.165) is 16.7 Å². The van der Waals surface area contributed by atoms with Crippen LogP contribution in [0.3, 0.4) is 0 Å². The Morgan fingerprint density at radius 1 is 0.714 bits per heavy atom. The normalized spacial score (nSPS) is 10.2. The summed E-state index contributed by atoms with van der Waals surface area (Å²) in [5, 5.41) is 3.32. The monoisotopic (exact) mass is 405 g/mol. The van der Waals surface area contributed by atoms with Crippen molar-refractivity contribution in [3.8, 4) is 11.5 Å². The Bertz CT molecular complexity index is 871. The highest BCUT2D eigenvalue weighted by molar-refractivity contribution is 5.85. The lowest BCUT2D eigenvalue weighted by Crippen LogP contribution is -2.12. The Kier molecular flexibility index (Phi) is 8.23. The molecule has 0 aliphatic carbocycles. The van der Waals surface area contributed by atoms with E-state index in [-0.39, 0.29) is 24.0 Å². The van der Waals surface area contributed by atoms with Crippen LogP contribution in [0.15, 0.2) is 66.7 Å². The summed E-state index contributed by atoms with van der Waals surface area (Å²) >= 11 is 0. The number of hydrogen-bond donors (Lipinski definition) is 1. The molecule has 0 saturated heterocycles. The largest absolute Gasteiger partial charge is 0.493 e. The highest BCUT2D eigenvalue weighted by Gasteiger charge is 2.07. The predicted molar refractivity (Wildman–Crippen MR) is 108 cm³/mol. The van der Waals surface area contributed by atoms with Crippen LogP contribution in [-0.4, -0.2) is 7.11 Å². The minimum Gasteiger partial charge on any atom is -0.493 e. The zero-order valence-corrected chi connectivity index (χ0v) is 16.3. The van der Waals surface area contributed by atoms with Crippen LogP contribution in [0.1, 0.15) is 16.7 Å². The molecule has 0 aliphatic heterocycles. The van der Waals surface area contributed by atoms with E-state index in [4.69, 9.17) is 9.47 Å². The van der Waals surface area contributed by atoms with Crippen molar-refractivity contribution < 1.29 is 18.3 Å². The maximum atomic E-state index is 13.0. The second-order valence-electron chi connectivity index (χ2n) is 6.13. The molecule has 148 valence electrons. The van der Waals surface area contributed by atoms with E-state index < -0.39 is 0 Å². The first kappa shape index (κ1) is 21.7. The summed E-state index contributed by atoms with van der Waals surface area (Å²) in [5.74, 6) is 0.760. The predicted octanol–water partition coefficient (Wildman–Crippen LogP) is 5.26. The van der Waals surface area contributed by atoms with Gasteiger partial charge in [-0.05, 0) is 53.1 Å². The summed E-state index contributed by atoms with van der Waals surface area (Å²) in [7, 11) is 1.59. The molecule has 3 aromatic carbocycles. The molecule has 0 heterocycles. The molecular weight excluding hydrogens is 384 g/mol. The van der Waals surface area contributed by atoms with Gasteiger partial charge in [-0.1, -0.05) is 30.3 Å². The lowest BCUT2D eigenvalue weighted by atomic mass is 10.1. The first-order chi connectivity index (χ1) is 13.1. The van der Waals surface area contributed by atoms with Crippen molar-refractivity contribution in [3.05, 3.63) is 95.1 Å². The Labute approximate surface area is 169 Å². The Morgan fingerprint density at radius 2 is 1.25 bits per heavy atom. The fourth-order valence-corrected chi connectivity index (χ4v) is 2.64. The van der Waals surface area contributed by atoms with E-state index in [1.54, 1.807) is 31.4 Å². The molecule has 0 saturated carbocycles. The van der Waals surface area contributed by atoms with Gasteiger partial charge in [0.15, 0.2) is 11.5 Å². The van der Waals surface area contributed by atoms with Gasteiger partial charge in [0.25, 0.3) is 0 Å². The molecule has 0 amide bonds. The number of rotatable bonds is 8. The van der Waals surface area contributed by atoms with Crippen molar-refractivity contribution in [2.45, 2.75) is 19.7 Å². The zero-order valence-electron chi connectivity index (χ0n) is 15.5. The third kappa shape index (κ3) is 6.22. The quantitative estimate of drug-likeness (QED) is 0.554. The molecule has 6 heteroatoms. The summed E-state index contributed by atoms with van der Waals surface area (Å²) in [6.07, 6.45) is 0. The third-order valence-corrected chi connectivity index (χ3v) is 4.11. The second kappa shape index (κ2) is 10.6. The number of methoxy groups -OCH3 is 1. The van der Waals surface area contributed by atoms with Gasteiger partial charge in [-0.15, -0.1) is 12.4 Å². The molecule has 3 rings (SSSR count). The first-order valence-corrected chi connectivity index (χ1v) is 8.63. The van der Waals surface area contributed by atoms with Gasteiger partial charge in [0.1, 0.15) is 18.2 Å². The molecule has 0 fully saturated rings. The zero-order chi connectivity index (χ0) is 19.1.